The second kappa shape index (κ2) is 13.8. The number of rotatable bonds is 9. The molecular formula is C40H35N. The largest absolute Gasteiger partial charge is 0.310 e. The Morgan fingerprint density at radius 2 is 0.805 bits per heavy atom. The van der Waals surface area contributed by atoms with Gasteiger partial charge in [0, 0.05) is 17.1 Å². The Morgan fingerprint density at radius 3 is 1.22 bits per heavy atom. The van der Waals surface area contributed by atoms with Crippen LogP contribution in [-0.4, -0.2) is 0 Å². The molecule has 0 aliphatic carbocycles. The quantitative estimate of drug-likeness (QED) is 0.172. The van der Waals surface area contributed by atoms with E-state index < -0.39 is 0 Å². The van der Waals surface area contributed by atoms with Gasteiger partial charge in [-0.25, -0.2) is 0 Å². The molecule has 0 heterocycles. The summed E-state index contributed by atoms with van der Waals surface area (Å²) in [6.45, 7) is 4.32. The number of allylic oxidation sites excluding steroid dienone is 4. The van der Waals surface area contributed by atoms with Gasteiger partial charge in [-0.15, -0.1) is 0 Å². The van der Waals surface area contributed by atoms with Crippen molar-refractivity contribution in [1.29, 1.82) is 0 Å². The fourth-order valence-electron chi connectivity index (χ4n) is 4.65. The molecule has 0 atom stereocenters. The molecule has 0 aromatic heterocycles. The Bertz CT molecular complexity index is 1550. The highest BCUT2D eigenvalue weighted by atomic mass is 15.1. The van der Waals surface area contributed by atoms with E-state index in [0.717, 1.165) is 22.5 Å². The van der Waals surface area contributed by atoms with Crippen molar-refractivity contribution in [3.8, 4) is 0 Å². The van der Waals surface area contributed by atoms with Gasteiger partial charge in [0.1, 0.15) is 0 Å². The van der Waals surface area contributed by atoms with Crippen molar-refractivity contribution in [2.75, 3.05) is 4.90 Å². The summed E-state index contributed by atoms with van der Waals surface area (Å²) in [5.74, 6) is 0. The molecule has 1 nitrogen and oxygen atoms in total. The fraction of sp³-hybridized carbons (Fsp3) is 0.0500. The molecule has 41 heavy (non-hydrogen) atoms. The van der Waals surface area contributed by atoms with Gasteiger partial charge in [0.05, 0.1) is 0 Å². The Balaban J connectivity index is 1.36. The molecule has 0 bridgehead atoms. The number of nitrogens with zero attached hydrogens (tertiary/aromatic N) is 1. The van der Waals surface area contributed by atoms with E-state index in [-0.39, 0.29) is 0 Å². The zero-order chi connectivity index (χ0) is 28.3. The molecule has 0 saturated carbocycles. The third-order valence-corrected chi connectivity index (χ3v) is 6.88. The van der Waals surface area contributed by atoms with E-state index in [9.17, 15) is 0 Å². The summed E-state index contributed by atoms with van der Waals surface area (Å²) in [5, 5.41) is 0. The van der Waals surface area contributed by atoms with Crippen molar-refractivity contribution < 1.29 is 0 Å². The predicted octanol–water partition coefficient (Wildman–Crippen LogP) is 11.2. The van der Waals surface area contributed by atoms with Crippen molar-refractivity contribution in [3.63, 3.8) is 0 Å². The molecule has 200 valence electrons. The average Bonchev–Trinajstić information content (AvgIpc) is 3.02. The smallest absolute Gasteiger partial charge is 0.0493 e. The maximum Gasteiger partial charge on any atom is 0.0493 e. The standard InChI is InChI=1S/C40H35N/c1-32-21-22-33(2)40(31-32)41(38-27-23-36(24-28-38)19-11-9-17-34-13-5-3-6-14-34)39-29-25-37(26-30-39)20-12-10-18-35-15-7-4-8-16-35/h3-31H,1-2H3. The van der Waals surface area contributed by atoms with Gasteiger partial charge in [-0.3, -0.25) is 0 Å². The first-order valence-electron chi connectivity index (χ1n) is 14.0. The lowest BCUT2D eigenvalue weighted by Gasteiger charge is -2.27. The van der Waals surface area contributed by atoms with Gasteiger partial charge >= 0.3 is 0 Å². The maximum absolute atomic E-state index is 2.34. The Morgan fingerprint density at radius 1 is 0.415 bits per heavy atom. The monoisotopic (exact) mass is 529 g/mol. The first-order valence-corrected chi connectivity index (χ1v) is 14.0. The highest BCUT2D eigenvalue weighted by Gasteiger charge is 2.14. The van der Waals surface area contributed by atoms with Gasteiger partial charge in [-0.05, 0) is 77.6 Å². The van der Waals surface area contributed by atoms with E-state index in [1.807, 2.05) is 12.1 Å². The van der Waals surface area contributed by atoms with Gasteiger partial charge in [0.15, 0.2) is 0 Å². The lowest BCUT2D eigenvalue weighted by Crippen LogP contribution is -2.11. The molecule has 0 N–H and O–H groups in total. The molecule has 5 aromatic rings. The van der Waals surface area contributed by atoms with Crippen LogP contribution in [0, 0.1) is 13.8 Å². The van der Waals surface area contributed by atoms with E-state index in [1.54, 1.807) is 0 Å². The normalized spacial score (nSPS) is 11.8. The summed E-state index contributed by atoms with van der Waals surface area (Å²) < 4.78 is 0. The third kappa shape index (κ3) is 7.71. The molecule has 0 spiro atoms. The van der Waals surface area contributed by atoms with Crippen LogP contribution in [0.3, 0.4) is 0 Å². The van der Waals surface area contributed by atoms with Crippen molar-refractivity contribution in [1.82, 2.24) is 0 Å². The molecule has 5 aromatic carbocycles. The third-order valence-electron chi connectivity index (χ3n) is 6.88. The first kappa shape index (κ1) is 27.4. The Kier molecular flexibility index (Phi) is 9.22. The summed E-state index contributed by atoms with van der Waals surface area (Å²) >= 11 is 0. The maximum atomic E-state index is 2.34. The second-order valence-corrected chi connectivity index (χ2v) is 10.1. The van der Waals surface area contributed by atoms with Gasteiger partial charge in [0.25, 0.3) is 0 Å². The van der Waals surface area contributed by atoms with Crippen LogP contribution in [0.1, 0.15) is 33.4 Å². The number of aryl methyl sites for hydroxylation is 2. The van der Waals surface area contributed by atoms with Crippen LogP contribution in [0.2, 0.25) is 0 Å². The van der Waals surface area contributed by atoms with Gasteiger partial charge in [-0.2, -0.15) is 0 Å². The average molecular weight is 530 g/mol. The summed E-state index contributed by atoms with van der Waals surface area (Å²) in [6, 6.07) is 44.8. The number of hydrogen-bond donors (Lipinski definition) is 0. The highest BCUT2D eigenvalue weighted by Crippen LogP contribution is 2.37. The summed E-state index contributed by atoms with van der Waals surface area (Å²) in [5.41, 5.74) is 10.6. The van der Waals surface area contributed by atoms with Crippen LogP contribution in [0.4, 0.5) is 17.1 Å². The number of anilines is 3. The topological polar surface area (TPSA) is 3.24 Å². The molecule has 1 heteroatoms. The summed E-state index contributed by atoms with van der Waals surface area (Å²) in [7, 11) is 0. The lowest BCUT2D eigenvalue weighted by atomic mass is 10.1. The van der Waals surface area contributed by atoms with E-state index in [1.165, 1.54) is 27.9 Å². The lowest BCUT2D eigenvalue weighted by molar-refractivity contribution is 1.23. The molecule has 5 rings (SSSR count). The first-order chi connectivity index (χ1) is 20.2. The van der Waals surface area contributed by atoms with E-state index >= 15 is 0 Å². The SMILES string of the molecule is Cc1ccc(C)c(N(c2ccc(C=CC=Cc3ccccc3)cc2)c2ccc(C=CC=Cc3ccccc3)cc2)c1. The van der Waals surface area contributed by atoms with Crippen LogP contribution < -0.4 is 4.90 Å². The molecule has 0 aliphatic heterocycles. The van der Waals surface area contributed by atoms with E-state index in [2.05, 4.69) is 183 Å². The predicted molar refractivity (Wildman–Crippen MR) is 180 cm³/mol. The minimum atomic E-state index is 1.13. The molecule has 0 amide bonds. The molecule has 0 radical (unpaired) electrons. The molecular weight excluding hydrogens is 494 g/mol. The Labute approximate surface area is 244 Å². The van der Waals surface area contributed by atoms with Crippen LogP contribution in [-0.2, 0) is 0 Å². The zero-order valence-electron chi connectivity index (χ0n) is 23.7. The molecule has 0 unspecified atom stereocenters. The van der Waals surface area contributed by atoms with E-state index in [4.69, 9.17) is 0 Å². The molecule has 0 fully saturated rings. The zero-order valence-corrected chi connectivity index (χ0v) is 23.7. The second-order valence-electron chi connectivity index (χ2n) is 10.1. The minimum absolute atomic E-state index is 1.13. The molecule has 0 saturated heterocycles. The van der Waals surface area contributed by atoms with Crippen LogP contribution in [0.5, 0.6) is 0 Å². The summed E-state index contributed by atoms with van der Waals surface area (Å²) in [6.07, 6.45) is 16.9. The molecule has 0 aliphatic rings. The van der Waals surface area contributed by atoms with Gasteiger partial charge in [-0.1, -0.05) is 146 Å². The number of hydrogen-bond acceptors (Lipinski definition) is 1. The Hall–Kier alpha value is -5.14. The number of benzene rings is 5. The van der Waals surface area contributed by atoms with E-state index in [0.29, 0.717) is 0 Å². The van der Waals surface area contributed by atoms with Gasteiger partial charge < -0.3 is 4.90 Å². The van der Waals surface area contributed by atoms with Crippen molar-refractivity contribution in [2.45, 2.75) is 13.8 Å². The van der Waals surface area contributed by atoms with Crippen LogP contribution in [0.15, 0.2) is 152 Å². The minimum Gasteiger partial charge on any atom is -0.310 e. The van der Waals surface area contributed by atoms with Crippen molar-refractivity contribution in [3.05, 3.63) is 185 Å². The fourth-order valence-corrected chi connectivity index (χ4v) is 4.65. The van der Waals surface area contributed by atoms with Gasteiger partial charge in [0.2, 0.25) is 0 Å². The summed E-state index contributed by atoms with van der Waals surface area (Å²) in [4.78, 5) is 2.34. The van der Waals surface area contributed by atoms with Crippen molar-refractivity contribution >= 4 is 41.4 Å². The van der Waals surface area contributed by atoms with Crippen LogP contribution >= 0.6 is 0 Å². The van der Waals surface area contributed by atoms with Crippen molar-refractivity contribution in [2.24, 2.45) is 0 Å². The highest BCUT2D eigenvalue weighted by molar-refractivity contribution is 5.79. The van der Waals surface area contributed by atoms with Crippen LogP contribution in [0.25, 0.3) is 24.3 Å².